The predicted molar refractivity (Wildman–Crippen MR) is 43.2 cm³/mol. The van der Waals surface area contributed by atoms with Crippen molar-refractivity contribution in [2.24, 2.45) is 0 Å². The molecule has 0 saturated heterocycles. The molecule has 1 aromatic rings. The van der Waals surface area contributed by atoms with Crippen molar-refractivity contribution in [3.05, 3.63) is 11.9 Å². The Morgan fingerprint density at radius 2 is 2.67 bits per heavy atom. The molecule has 0 radical (unpaired) electrons. The Kier molecular flexibility index (Phi) is 2.68. The van der Waals surface area contributed by atoms with E-state index in [1.165, 1.54) is 6.20 Å². The Morgan fingerprint density at radius 3 is 3.08 bits per heavy atom. The number of carbonyl (C=O) groups is 1. The van der Waals surface area contributed by atoms with Crippen LogP contribution in [0.2, 0.25) is 0 Å². The summed E-state index contributed by atoms with van der Waals surface area (Å²) in [5.74, 6) is 0. The third-order valence-electron chi connectivity index (χ3n) is 1.61. The summed E-state index contributed by atoms with van der Waals surface area (Å²) in [6, 6.07) is 0. The van der Waals surface area contributed by atoms with Crippen LogP contribution < -0.4 is 5.73 Å². The molecule has 1 atom stereocenters. The number of rotatable bonds is 4. The van der Waals surface area contributed by atoms with Gasteiger partial charge in [-0.15, -0.1) is 0 Å². The fraction of sp³-hybridized carbons (Fsp3) is 0.429. The van der Waals surface area contributed by atoms with Crippen molar-refractivity contribution in [2.75, 3.05) is 5.73 Å². The Bertz CT molecular complexity index is 259. The molecule has 66 valence electrons. The Labute approximate surface area is 69.9 Å². The zero-order chi connectivity index (χ0) is 8.97. The highest BCUT2D eigenvalue weighted by molar-refractivity contribution is 5.44. The molecule has 0 amide bonds. The first-order chi connectivity index (χ1) is 5.79. The van der Waals surface area contributed by atoms with Crippen molar-refractivity contribution in [2.45, 2.75) is 19.4 Å². The van der Waals surface area contributed by atoms with Crippen molar-refractivity contribution < 1.29 is 9.53 Å². The van der Waals surface area contributed by atoms with Crippen LogP contribution in [0.3, 0.4) is 0 Å². The lowest BCUT2D eigenvalue weighted by atomic mass is 10.2. The van der Waals surface area contributed by atoms with Crippen LogP contribution in [-0.2, 0) is 9.53 Å². The molecule has 5 nitrogen and oxygen atoms in total. The van der Waals surface area contributed by atoms with Gasteiger partial charge in [0.05, 0.1) is 17.6 Å². The predicted octanol–water partition coefficient (Wildman–Crippen LogP) is 0.616. The summed E-state index contributed by atoms with van der Waals surface area (Å²) in [4.78, 5) is 10.1. The molecule has 1 rings (SSSR count). The number of carbonyl (C=O) groups excluding carboxylic acids is 1. The zero-order valence-corrected chi connectivity index (χ0v) is 6.78. The highest BCUT2D eigenvalue weighted by atomic mass is 16.5. The van der Waals surface area contributed by atoms with Gasteiger partial charge in [-0.1, -0.05) is 6.92 Å². The number of ether oxygens (including phenoxy) is 1. The molecule has 0 aliphatic rings. The highest BCUT2D eigenvalue weighted by Crippen LogP contribution is 2.22. The minimum Gasteiger partial charge on any atom is -0.458 e. The number of nitrogens with two attached hydrogens (primary N) is 1. The lowest BCUT2D eigenvalue weighted by molar-refractivity contribution is -0.134. The smallest absolute Gasteiger partial charge is 0.293 e. The van der Waals surface area contributed by atoms with E-state index in [9.17, 15) is 4.79 Å². The number of aromatic amines is 1. The first-order valence-electron chi connectivity index (χ1n) is 3.67. The molecule has 0 aliphatic heterocycles. The summed E-state index contributed by atoms with van der Waals surface area (Å²) in [5.41, 5.74) is 6.73. The number of nitrogens with one attached hydrogen (secondary N) is 1. The van der Waals surface area contributed by atoms with E-state index >= 15 is 0 Å². The van der Waals surface area contributed by atoms with Gasteiger partial charge in [0, 0.05) is 0 Å². The van der Waals surface area contributed by atoms with E-state index in [-0.39, 0.29) is 6.10 Å². The monoisotopic (exact) mass is 169 g/mol. The average Bonchev–Trinajstić information content (AvgIpc) is 2.47. The second kappa shape index (κ2) is 3.75. The van der Waals surface area contributed by atoms with Crippen LogP contribution in [-0.4, -0.2) is 16.7 Å². The standard InChI is InChI=1S/C7H11N3O2/c1-2-6(12-4-11)7-5(8)3-9-10-7/h3-4,6H,2,8H2,1H3,(H,9,10). The van der Waals surface area contributed by atoms with Crippen LogP contribution in [0.25, 0.3) is 0 Å². The molecular formula is C7H11N3O2. The summed E-state index contributed by atoms with van der Waals surface area (Å²) in [5, 5.41) is 6.41. The Morgan fingerprint density at radius 1 is 1.92 bits per heavy atom. The number of hydrogen-bond donors (Lipinski definition) is 2. The Hall–Kier alpha value is -1.52. The van der Waals surface area contributed by atoms with E-state index < -0.39 is 0 Å². The summed E-state index contributed by atoms with van der Waals surface area (Å²) in [7, 11) is 0. The molecule has 0 fully saturated rings. The van der Waals surface area contributed by atoms with Gasteiger partial charge in [-0.05, 0) is 6.42 Å². The van der Waals surface area contributed by atoms with Crippen molar-refractivity contribution in [1.29, 1.82) is 0 Å². The summed E-state index contributed by atoms with van der Waals surface area (Å²) >= 11 is 0. The van der Waals surface area contributed by atoms with Crippen LogP contribution in [0.15, 0.2) is 6.20 Å². The van der Waals surface area contributed by atoms with E-state index in [1.807, 2.05) is 6.92 Å². The summed E-state index contributed by atoms with van der Waals surface area (Å²) < 4.78 is 4.78. The van der Waals surface area contributed by atoms with E-state index in [2.05, 4.69) is 10.2 Å². The van der Waals surface area contributed by atoms with Gasteiger partial charge >= 0.3 is 0 Å². The maximum Gasteiger partial charge on any atom is 0.293 e. The van der Waals surface area contributed by atoms with Crippen molar-refractivity contribution in [3.8, 4) is 0 Å². The SMILES string of the molecule is CCC(OC=O)c1[nH]ncc1N. The number of nitrogens with zero attached hydrogens (tertiary/aromatic N) is 1. The zero-order valence-electron chi connectivity index (χ0n) is 6.78. The molecule has 1 aromatic heterocycles. The fourth-order valence-electron chi connectivity index (χ4n) is 0.999. The largest absolute Gasteiger partial charge is 0.458 e. The number of hydrogen-bond acceptors (Lipinski definition) is 4. The van der Waals surface area contributed by atoms with Crippen LogP contribution in [0.1, 0.15) is 25.1 Å². The molecule has 12 heavy (non-hydrogen) atoms. The summed E-state index contributed by atoms with van der Waals surface area (Å²) in [6.45, 7) is 2.31. The molecule has 3 N–H and O–H groups in total. The molecular weight excluding hydrogens is 158 g/mol. The second-order valence-corrected chi connectivity index (χ2v) is 2.37. The van der Waals surface area contributed by atoms with Crippen molar-refractivity contribution in [1.82, 2.24) is 10.2 Å². The number of aromatic nitrogens is 2. The molecule has 0 aliphatic carbocycles. The second-order valence-electron chi connectivity index (χ2n) is 2.37. The normalized spacial score (nSPS) is 12.4. The summed E-state index contributed by atoms with van der Waals surface area (Å²) in [6.07, 6.45) is 1.85. The molecule has 5 heteroatoms. The third-order valence-corrected chi connectivity index (χ3v) is 1.61. The highest BCUT2D eigenvalue weighted by Gasteiger charge is 2.14. The number of nitrogen functional groups attached to an aromatic ring is 1. The number of anilines is 1. The molecule has 0 saturated carbocycles. The maximum atomic E-state index is 10.1. The van der Waals surface area contributed by atoms with E-state index in [0.29, 0.717) is 24.3 Å². The van der Waals surface area contributed by atoms with Gasteiger partial charge in [0.2, 0.25) is 0 Å². The molecule has 1 heterocycles. The molecule has 1 unspecified atom stereocenters. The quantitative estimate of drug-likeness (QED) is 0.647. The van der Waals surface area contributed by atoms with E-state index in [1.54, 1.807) is 0 Å². The van der Waals surface area contributed by atoms with Crippen LogP contribution >= 0.6 is 0 Å². The first-order valence-corrected chi connectivity index (χ1v) is 3.67. The Balaban J connectivity index is 2.78. The van der Waals surface area contributed by atoms with Gasteiger partial charge < -0.3 is 10.5 Å². The maximum absolute atomic E-state index is 10.1. The molecule has 0 bridgehead atoms. The third kappa shape index (κ3) is 1.55. The fourth-order valence-corrected chi connectivity index (χ4v) is 0.999. The molecule has 0 spiro atoms. The number of H-pyrrole nitrogens is 1. The van der Waals surface area contributed by atoms with E-state index in [0.717, 1.165) is 0 Å². The van der Waals surface area contributed by atoms with Crippen molar-refractivity contribution >= 4 is 12.2 Å². The minimum absolute atomic E-state index is 0.315. The van der Waals surface area contributed by atoms with Crippen LogP contribution in [0.5, 0.6) is 0 Å². The lowest BCUT2D eigenvalue weighted by Gasteiger charge is -2.10. The van der Waals surface area contributed by atoms with Crippen molar-refractivity contribution in [3.63, 3.8) is 0 Å². The minimum atomic E-state index is -0.315. The molecule has 0 aromatic carbocycles. The lowest BCUT2D eigenvalue weighted by Crippen LogP contribution is -2.04. The van der Waals surface area contributed by atoms with Gasteiger partial charge in [0.25, 0.3) is 6.47 Å². The van der Waals surface area contributed by atoms with Gasteiger partial charge in [-0.25, -0.2) is 0 Å². The van der Waals surface area contributed by atoms with Gasteiger partial charge in [-0.3, -0.25) is 9.89 Å². The van der Waals surface area contributed by atoms with Crippen LogP contribution in [0.4, 0.5) is 5.69 Å². The van der Waals surface area contributed by atoms with E-state index in [4.69, 9.17) is 10.5 Å². The first kappa shape index (κ1) is 8.58. The van der Waals surface area contributed by atoms with Gasteiger partial charge in [0.1, 0.15) is 6.10 Å². The van der Waals surface area contributed by atoms with Gasteiger partial charge in [0.15, 0.2) is 0 Å². The van der Waals surface area contributed by atoms with Gasteiger partial charge in [-0.2, -0.15) is 5.10 Å². The van der Waals surface area contributed by atoms with Crippen LogP contribution in [0, 0.1) is 0 Å². The average molecular weight is 169 g/mol. The topological polar surface area (TPSA) is 81.0 Å².